The smallest absolute Gasteiger partial charge is 0.407 e. The number of likely N-dealkylation sites (tertiary alicyclic amines) is 1. The fourth-order valence-electron chi connectivity index (χ4n) is 2.79. The number of guanidine groups is 1. The first-order valence-electron chi connectivity index (χ1n) is 8.86. The van der Waals surface area contributed by atoms with E-state index in [-0.39, 0.29) is 11.7 Å². The van der Waals surface area contributed by atoms with Gasteiger partial charge in [0.05, 0.1) is 11.0 Å². The third-order valence-electron chi connectivity index (χ3n) is 4.02. The van der Waals surface area contributed by atoms with Gasteiger partial charge in [0.25, 0.3) is 5.69 Å². The largest absolute Gasteiger partial charge is 0.444 e. The molecule has 148 valence electrons. The second kappa shape index (κ2) is 8.70. The fraction of sp³-hybridized carbons (Fsp3) is 0.556. The maximum absolute atomic E-state index is 11.9. The zero-order chi connectivity index (χ0) is 20.0. The first kappa shape index (κ1) is 20.5. The molecule has 9 nitrogen and oxygen atoms in total. The van der Waals surface area contributed by atoms with Crippen molar-refractivity contribution in [3.05, 3.63) is 39.9 Å². The fourth-order valence-corrected chi connectivity index (χ4v) is 2.79. The quantitative estimate of drug-likeness (QED) is 0.361. The number of hydrogen-bond acceptors (Lipinski definition) is 5. The van der Waals surface area contributed by atoms with Crippen molar-refractivity contribution in [2.75, 3.05) is 20.1 Å². The number of nitrogens with one attached hydrogen (secondary N) is 2. The number of carbonyl (C=O) groups is 1. The lowest BCUT2D eigenvalue weighted by molar-refractivity contribution is -0.384. The molecule has 0 radical (unpaired) electrons. The molecule has 1 fully saturated rings. The average Bonchev–Trinajstić information content (AvgIpc) is 3.02. The lowest BCUT2D eigenvalue weighted by atomic mass is 10.2. The lowest BCUT2D eigenvalue weighted by Gasteiger charge is -2.23. The van der Waals surface area contributed by atoms with Crippen LogP contribution in [0.5, 0.6) is 0 Å². The van der Waals surface area contributed by atoms with Gasteiger partial charge in [-0.1, -0.05) is 12.1 Å². The zero-order valence-electron chi connectivity index (χ0n) is 16.2. The van der Waals surface area contributed by atoms with Gasteiger partial charge in [-0.15, -0.1) is 0 Å². The molecule has 0 aliphatic carbocycles. The van der Waals surface area contributed by atoms with E-state index >= 15 is 0 Å². The van der Waals surface area contributed by atoms with Gasteiger partial charge in [-0.05, 0) is 32.8 Å². The topological polar surface area (TPSA) is 109 Å². The number of carbonyl (C=O) groups excluding carboxylic acids is 1. The maximum atomic E-state index is 11.9. The van der Waals surface area contributed by atoms with Crippen molar-refractivity contribution in [1.29, 1.82) is 0 Å². The molecule has 1 heterocycles. The summed E-state index contributed by atoms with van der Waals surface area (Å²) in [5.74, 6) is 0.724. The van der Waals surface area contributed by atoms with E-state index in [1.165, 1.54) is 12.1 Å². The van der Waals surface area contributed by atoms with E-state index in [0.717, 1.165) is 24.5 Å². The van der Waals surface area contributed by atoms with Crippen molar-refractivity contribution >= 4 is 17.7 Å². The second-order valence-electron chi connectivity index (χ2n) is 7.40. The first-order valence-corrected chi connectivity index (χ1v) is 8.86. The molecule has 0 saturated carbocycles. The minimum absolute atomic E-state index is 0.00206. The molecule has 1 aromatic carbocycles. The maximum Gasteiger partial charge on any atom is 0.407 e. The molecule has 1 saturated heterocycles. The molecule has 2 N–H and O–H groups in total. The van der Waals surface area contributed by atoms with E-state index in [9.17, 15) is 14.9 Å². The summed E-state index contributed by atoms with van der Waals surface area (Å²) in [5.41, 5.74) is 0.466. The number of rotatable bonds is 4. The number of amides is 1. The molecule has 27 heavy (non-hydrogen) atoms. The Balaban J connectivity index is 1.84. The van der Waals surface area contributed by atoms with Crippen LogP contribution in [0, 0.1) is 10.1 Å². The predicted octanol–water partition coefficient (Wildman–Crippen LogP) is 2.27. The van der Waals surface area contributed by atoms with Crippen molar-refractivity contribution in [2.45, 2.75) is 45.4 Å². The summed E-state index contributed by atoms with van der Waals surface area (Å²) >= 11 is 0. The molecular weight excluding hydrogens is 350 g/mol. The number of nitro groups is 1. The molecule has 9 heteroatoms. The van der Waals surface area contributed by atoms with Gasteiger partial charge in [-0.3, -0.25) is 15.1 Å². The normalized spacial score (nSPS) is 17.6. The molecule has 1 atom stereocenters. The summed E-state index contributed by atoms with van der Waals surface area (Å²) in [6.45, 7) is 7.40. The number of ether oxygens (including phenoxy) is 1. The summed E-state index contributed by atoms with van der Waals surface area (Å²) in [4.78, 5) is 28.5. The Morgan fingerprint density at radius 1 is 1.37 bits per heavy atom. The van der Waals surface area contributed by atoms with Gasteiger partial charge in [0, 0.05) is 38.8 Å². The monoisotopic (exact) mass is 377 g/mol. The van der Waals surface area contributed by atoms with Crippen LogP contribution in [-0.2, 0) is 11.3 Å². The number of hydrogen-bond donors (Lipinski definition) is 2. The Bertz CT molecular complexity index is 697. The van der Waals surface area contributed by atoms with Gasteiger partial charge in [0.15, 0.2) is 5.96 Å². The molecule has 0 spiro atoms. The van der Waals surface area contributed by atoms with Gasteiger partial charge in [-0.2, -0.15) is 0 Å². The van der Waals surface area contributed by atoms with E-state index < -0.39 is 16.6 Å². The SMILES string of the molecule is CN=C(NCc1ccc([N+](=O)[O-])cc1)N1CCC(NC(=O)OC(C)(C)C)C1. The zero-order valence-corrected chi connectivity index (χ0v) is 16.2. The number of alkyl carbamates (subject to hydrolysis) is 1. The molecule has 1 amide bonds. The van der Waals surface area contributed by atoms with E-state index in [1.54, 1.807) is 19.2 Å². The highest BCUT2D eigenvalue weighted by Crippen LogP contribution is 2.14. The van der Waals surface area contributed by atoms with Crippen LogP contribution >= 0.6 is 0 Å². The molecule has 2 rings (SSSR count). The Labute approximate surface area is 158 Å². The van der Waals surface area contributed by atoms with Gasteiger partial charge in [0.2, 0.25) is 0 Å². The van der Waals surface area contributed by atoms with Crippen LogP contribution in [0.15, 0.2) is 29.3 Å². The van der Waals surface area contributed by atoms with E-state index in [0.29, 0.717) is 13.1 Å². The van der Waals surface area contributed by atoms with Crippen LogP contribution < -0.4 is 10.6 Å². The van der Waals surface area contributed by atoms with Crippen molar-refractivity contribution < 1.29 is 14.5 Å². The number of benzene rings is 1. The number of non-ortho nitro benzene ring substituents is 1. The van der Waals surface area contributed by atoms with Crippen molar-refractivity contribution in [3.8, 4) is 0 Å². The summed E-state index contributed by atoms with van der Waals surface area (Å²) in [5, 5.41) is 16.8. The van der Waals surface area contributed by atoms with Crippen molar-refractivity contribution in [1.82, 2.24) is 15.5 Å². The minimum atomic E-state index is -0.523. The number of aliphatic imine (C=N–C) groups is 1. The van der Waals surface area contributed by atoms with E-state index in [4.69, 9.17) is 4.74 Å². The molecule has 0 aromatic heterocycles. The average molecular weight is 377 g/mol. The van der Waals surface area contributed by atoms with Gasteiger partial charge in [0.1, 0.15) is 5.60 Å². The summed E-state index contributed by atoms with van der Waals surface area (Å²) in [7, 11) is 1.70. The standard InChI is InChI=1S/C18H27N5O4/c1-18(2,3)27-17(24)21-14-9-10-22(12-14)16(19-4)20-11-13-5-7-15(8-6-13)23(25)26/h5-8,14H,9-12H2,1-4H3,(H,19,20)(H,21,24). The second-order valence-corrected chi connectivity index (χ2v) is 7.40. The summed E-state index contributed by atoms with van der Waals surface area (Å²) in [6.07, 6.45) is 0.389. The Kier molecular flexibility index (Phi) is 6.59. The minimum Gasteiger partial charge on any atom is -0.444 e. The third kappa shape index (κ3) is 6.43. The van der Waals surface area contributed by atoms with Crippen LogP contribution in [0.1, 0.15) is 32.8 Å². The molecule has 1 aromatic rings. The number of nitro benzene ring substituents is 1. The molecular formula is C18H27N5O4. The van der Waals surface area contributed by atoms with Crippen LogP contribution in [-0.4, -0.2) is 53.7 Å². The van der Waals surface area contributed by atoms with E-state index in [2.05, 4.69) is 20.5 Å². The summed E-state index contributed by atoms with van der Waals surface area (Å²) < 4.78 is 5.29. The Morgan fingerprint density at radius 2 is 2.04 bits per heavy atom. The Morgan fingerprint density at radius 3 is 2.59 bits per heavy atom. The molecule has 1 aliphatic heterocycles. The molecule has 0 bridgehead atoms. The van der Waals surface area contributed by atoms with Crippen LogP contribution in [0.3, 0.4) is 0 Å². The number of nitrogens with zero attached hydrogens (tertiary/aromatic N) is 3. The Hall–Kier alpha value is -2.84. The highest BCUT2D eigenvalue weighted by atomic mass is 16.6. The first-order chi connectivity index (χ1) is 12.7. The van der Waals surface area contributed by atoms with Crippen LogP contribution in [0.25, 0.3) is 0 Å². The van der Waals surface area contributed by atoms with Crippen molar-refractivity contribution in [3.63, 3.8) is 0 Å². The van der Waals surface area contributed by atoms with Crippen LogP contribution in [0.2, 0.25) is 0 Å². The highest BCUT2D eigenvalue weighted by molar-refractivity contribution is 5.80. The van der Waals surface area contributed by atoms with Crippen LogP contribution in [0.4, 0.5) is 10.5 Å². The third-order valence-corrected chi connectivity index (χ3v) is 4.02. The molecule has 1 unspecified atom stereocenters. The highest BCUT2D eigenvalue weighted by Gasteiger charge is 2.27. The predicted molar refractivity (Wildman–Crippen MR) is 103 cm³/mol. The summed E-state index contributed by atoms with van der Waals surface area (Å²) in [6, 6.07) is 6.40. The van der Waals surface area contributed by atoms with Gasteiger partial charge < -0.3 is 20.3 Å². The van der Waals surface area contributed by atoms with Crippen molar-refractivity contribution in [2.24, 2.45) is 4.99 Å². The van der Waals surface area contributed by atoms with Gasteiger partial charge in [-0.25, -0.2) is 4.79 Å². The lowest BCUT2D eigenvalue weighted by Crippen LogP contribution is -2.44. The van der Waals surface area contributed by atoms with Gasteiger partial charge >= 0.3 is 6.09 Å². The molecule has 1 aliphatic rings. The van der Waals surface area contributed by atoms with E-state index in [1.807, 2.05) is 20.8 Å².